The minimum atomic E-state index is -0.389. The van der Waals surface area contributed by atoms with Crippen LogP contribution in [-0.2, 0) is 18.0 Å². The summed E-state index contributed by atoms with van der Waals surface area (Å²) in [5.74, 6) is 0.243. The second kappa shape index (κ2) is 8.01. The van der Waals surface area contributed by atoms with Crippen molar-refractivity contribution >= 4 is 27.5 Å². The number of fused-ring (bicyclic) bond motifs is 1. The number of esters is 1. The van der Waals surface area contributed by atoms with Gasteiger partial charge in [-0.1, -0.05) is 48.5 Å². The van der Waals surface area contributed by atoms with E-state index in [2.05, 4.69) is 4.98 Å². The van der Waals surface area contributed by atoms with Crippen LogP contribution in [0.3, 0.4) is 0 Å². The molecule has 0 spiro atoms. The van der Waals surface area contributed by atoms with Crippen LogP contribution in [-0.4, -0.2) is 11.0 Å². The highest BCUT2D eigenvalue weighted by atomic mass is 32.1. The summed E-state index contributed by atoms with van der Waals surface area (Å²) in [5, 5.41) is 0.779. The molecule has 0 aliphatic rings. The summed E-state index contributed by atoms with van der Waals surface area (Å²) in [6.45, 7) is 0.609. The third-order valence-electron chi connectivity index (χ3n) is 3.98. The van der Waals surface area contributed by atoms with Crippen LogP contribution in [0.2, 0.25) is 0 Å². The summed E-state index contributed by atoms with van der Waals surface area (Å²) < 4.78 is 12.3. The zero-order chi connectivity index (χ0) is 18.5. The first-order valence-corrected chi connectivity index (χ1v) is 9.38. The number of hydrogen-bond donors (Lipinski definition) is 0. The molecule has 27 heavy (non-hydrogen) atoms. The fourth-order valence-corrected chi connectivity index (χ4v) is 3.53. The van der Waals surface area contributed by atoms with Crippen LogP contribution in [0.4, 0.5) is 0 Å². The number of benzene rings is 3. The van der Waals surface area contributed by atoms with Crippen LogP contribution in [0.1, 0.15) is 20.9 Å². The van der Waals surface area contributed by atoms with Gasteiger partial charge >= 0.3 is 5.97 Å². The van der Waals surface area contributed by atoms with E-state index in [0.717, 1.165) is 20.8 Å². The summed E-state index contributed by atoms with van der Waals surface area (Å²) in [6, 6.07) is 24.8. The Hall–Kier alpha value is -3.18. The van der Waals surface area contributed by atoms with Gasteiger partial charge in [0, 0.05) is 0 Å². The van der Waals surface area contributed by atoms with Crippen molar-refractivity contribution in [1.29, 1.82) is 0 Å². The minimum Gasteiger partial charge on any atom is -0.489 e. The molecule has 0 radical (unpaired) electrons. The van der Waals surface area contributed by atoms with Gasteiger partial charge in [-0.15, -0.1) is 11.3 Å². The van der Waals surface area contributed by atoms with E-state index in [-0.39, 0.29) is 12.6 Å². The Morgan fingerprint density at radius 3 is 2.56 bits per heavy atom. The van der Waals surface area contributed by atoms with Gasteiger partial charge in [-0.05, 0) is 35.9 Å². The highest BCUT2D eigenvalue weighted by molar-refractivity contribution is 7.18. The van der Waals surface area contributed by atoms with Gasteiger partial charge in [-0.3, -0.25) is 0 Å². The summed E-state index contributed by atoms with van der Waals surface area (Å²) in [6.07, 6.45) is 0. The molecule has 0 bridgehead atoms. The summed E-state index contributed by atoms with van der Waals surface area (Å²) in [5.41, 5.74) is 2.45. The molecular formula is C22H17NO3S. The van der Waals surface area contributed by atoms with Crippen molar-refractivity contribution in [3.63, 3.8) is 0 Å². The molecule has 0 saturated heterocycles. The Morgan fingerprint density at radius 1 is 0.889 bits per heavy atom. The number of nitrogens with zero attached hydrogens (tertiary/aromatic N) is 1. The SMILES string of the molecule is O=C(OCc1nc2ccccc2s1)c1cccc(OCc2ccccc2)c1. The van der Waals surface area contributed by atoms with E-state index in [9.17, 15) is 4.79 Å². The molecule has 0 aliphatic carbocycles. The molecule has 0 amide bonds. The van der Waals surface area contributed by atoms with Crippen LogP contribution in [0, 0.1) is 0 Å². The number of aromatic nitrogens is 1. The summed E-state index contributed by atoms with van der Waals surface area (Å²) in [4.78, 5) is 16.8. The van der Waals surface area contributed by atoms with Crippen molar-refractivity contribution in [2.24, 2.45) is 0 Å². The zero-order valence-electron chi connectivity index (χ0n) is 14.5. The van der Waals surface area contributed by atoms with Gasteiger partial charge < -0.3 is 9.47 Å². The molecule has 1 aromatic heterocycles. The lowest BCUT2D eigenvalue weighted by Gasteiger charge is -2.08. The van der Waals surface area contributed by atoms with E-state index in [1.807, 2.05) is 60.7 Å². The van der Waals surface area contributed by atoms with Gasteiger partial charge in [0.1, 0.15) is 24.0 Å². The molecule has 4 aromatic rings. The van der Waals surface area contributed by atoms with Gasteiger partial charge in [0.05, 0.1) is 15.8 Å². The molecule has 0 saturated carbocycles. The highest BCUT2D eigenvalue weighted by Crippen LogP contribution is 2.22. The molecule has 1 heterocycles. The Bertz CT molecular complexity index is 1030. The number of ether oxygens (including phenoxy) is 2. The van der Waals surface area contributed by atoms with Crippen molar-refractivity contribution in [2.45, 2.75) is 13.2 Å². The predicted octanol–water partition coefficient (Wildman–Crippen LogP) is 5.23. The normalized spacial score (nSPS) is 10.7. The number of rotatable bonds is 6. The van der Waals surface area contributed by atoms with Crippen LogP contribution >= 0.6 is 11.3 Å². The molecule has 0 fully saturated rings. The summed E-state index contributed by atoms with van der Waals surface area (Å²) in [7, 11) is 0. The van der Waals surface area contributed by atoms with Crippen molar-refractivity contribution < 1.29 is 14.3 Å². The Labute approximate surface area is 161 Å². The number of thiazole rings is 1. The second-order valence-corrected chi connectivity index (χ2v) is 7.07. The van der Waals surface area contributed by atoms with Gasteiger partial charge in [0.2, 0.25) is 0 Å². The Morgan fingerprint density at radius 2 is 1.70 bits per heavy atom. The fraction of sp³-hybridized carbons (Fsp3) is 0.0909. The Balaban J connectivity index is 1.38. The standard InChI is InChI=1S/C22H17NO3S/c24-22(26-15-21-23-19-11-4-5-12-20(19)27-21)17-9-6-10-18(13-17)25-14-16-7-2-1-3-8-16/h1-13H,14-15H2. The van der Waals surface area contributed by atoms with Gasteiger partial charge in [-0.2, -0.15) is 0 Å². The lowest BCUT2D eigenvalue weighted by atomic mass is 10.2. The molecule has 0 aliphatic heterocycles. The lowest BCUT2D eigenvalue weighted by molar-refractivity contribution is 0.0472. The fourth-order valence-electron chi connectivity index (χ4n) is 2.65. The second-order valence-electron chi connectivity index (χ2n) is 5.95. The van der Waals surface area contributed by atoms with Crippen molar-refractivity contribution in [3.8, 4) is 5.75 Å². The van der Waals surface area contributed by atoms with Crippen molar-refractivity contribution in [2.75, 3.05) is 0 Å². The molecule has 134 valence electrons. The van der Waals surface area contributed by atoms with Crippen LogP contribution in [0.15, 0.2) is 78.9 Å². The maximum atomic E-state index is 12.4. The van der Waals surface area contributed by atoms with Gasteiger partial charge in [0.25, 0.3) is 0 Å². The first-order chi connectivity index (χ1) is 13.3. The highest BCUT2D eigenvalue weighted by Gasteiger charge is 2.11. The molecular weight excluding hydrogens is 358 g/mol. The quantitative estimate of drug-likeness (QED) is 0.433. The Kier molecular flexibility index (Phi) is 5.12. The topological polar surface area (TPSA) is 48.4 Å². The third-order valence-corrected chi connectivity index (χ3v) is 4.99. The molecule has 5 heteroatoms. The molecule has 0 N–H and O–H groups in total. The maximum Gasteiger partial charge on any atom is 0.338 e. The molecule has 3 aromatic carbocycles. The van der Waals surface area contributed by atoms with E-state index < -0.39 is 0 Å². The molecule has 0 unspecified atom stereocenters. The molecule has 4 rings (SSSR count). The van der Waals surface area contributed by atoms with E-state index in [4.69, 9.17) is 9.47 Å². The van der Waals surface area contributed by atoms with E-state index in [1.165, 1.54) is 11.3 Å². The molecule has 0 atom stereocenters. The van der Waals surface area contributed by atoms with Crippen LogP contribution < -0.4 is 4.74 Å². The predicted molar refractivity (Wildman–Crippen MR) is 106 cm³/mol. The molecule has 4 nitrogen and oxygen atoms in total. The maximum absolute atomic E-state index is 12.4. The third kappa shape index (κ3) is 4.33. The van der Waals surface area contributed by atoms with E-state index >= 15 is 0 Å². The van der Waals surface area contributed by atoms with E-state index in [0.29, 0.717) is 17.9 Å². The van der Waals surface area contributed by atoms with Crippen molar-refractivity contribution in [1.82, 2.24) is 4.98 Å². The zero-order valence-corrected chi connectivity index (χ0v) is 15.3. The number of carbonyl (C=O) groups is 1. The number of para-hydroxylation sites is 1. The summed E-state index contributed by atoms with van der Waals surface area (Å²) >= 11 is 1.53. The smallest absolute Gasteiger partial charge is 0.338 e. The van der Waals surface area contributed by atoms with Crippen molar-refractivity contribution in [3.05, 3.63) is 95.0 Å². The largest absolute Gasteiger partial charge is 0.489 e. The minimum absolute atomic E-state index is 0.160. The average Bonchev–Trinajstić information content (AvgIpc) is 3.14. The first-order valence-electron chi connectivity index (χ1n) is 8.56. The lowest BCUT2D eigenvalue weighted by Crippen LogP contribution is -2.05. The van der Waals surface area contributed by atoms with Gasteiger partial charge in [0.15, 0.2) is 0 Å². The first kappa shape index (κ1) is 17.2. The monoisotopic (exact) mass is 375 g/mol. The average molecular weight is 375 g/mol. The van der Waals surface area contributed by atoms with E-state index in [1.54, 1.807) is 18.2 Å². The number of hydrogen-bond acceptors (Lipinski definition) is 5. The van der Waals surface area contributed by atoms with Crippen LogP contribution in [0.25, 0.3) is 10.2 Å². The van der Waals surface area contributed by atoms with Gasteiger partial charge in [-0.25, -0.2) is 9.78 Å². The number of carbonyl (C=O) groups excluding carboxylic acids is 1. The van der Waals surface area contributed by atoms with Crippen LogP contribution in [0.5, 0.6) is 5.75 Å².